The number of halogens is 3. The molecule has 0 spiro atoms. The molecule has 25 heavy (non-hydrogen) atoms. The maximum atomic E-state index is 12.6. The lowest BCUT2D eigenvalue weighted by Crippen LogP contribution is -2.26. The van der Waals surface area contributed by atoms with Crippen LogP contribution >= 0.6 is 0 Å². The number of carbonyl (C=O) groups is 2. The fourth-order valence-electron chi connectivity index (χ4n) is 2.23. The lowest BCUT2D eigenvalue weighted by molar-refractivity contribution is -0.137. The van der Waals surface area contributed by atoms with Crippen LogP contribution in [-0.2, 0) is 17.5 Å². The second kappa shape index (κ2) is 7.38. The van der Waals surface area contributed by atoms with Gasteiger partial charge in [0.15, 0.2) is 0 Å². The summed E-state index contributed by atoms with van der Waals surface area (Å²) >= 11 is 0. The van der Waals surface area contributed by atoms with Crippen LogP contribution in [0.4, 0.5) is 13.2 Å². The van der Waals surface area contributed by atoms with Gasteiger partial charge in [0, 0.05) is 19.2 Å². The zero-order valence-corrected chi connectivity index (χ0v) is 13.6. The van der Waals surface area contributed by atoms with E-state index in [9.17, 15) is 22.8 Å². The number of ether oxygens (including phenoxy) is 1. The minimum Gasteiger partial charge on any atom is -0.465 e. The SMILES string of the molecule is COC(=O)c1ccc(CN(C)C(=O)c2ccc(C(F)(F)F)cc2)cc1. The fourth-order valence-corrected chi connectivity index (χ4v) is 2.23. The molecule has 0 aliphatic heterocycles. The predicted molar refractivity (Wildman–Crippen MR) is 85.0 cm³/mol. The Bertz CT molecular complexity index is 753. The zero-order chi connectivity index (χ0) is 18.6. The van der Waals surface area contributed by atoms with Gasteiger partial charge < -0.3 is 9.64 Å². The van der Waals surface area contributed by atoms with Gasteiger partial charge in [0.05, 0.1) is 18.2 Å². The Morgan fingerprint density at radius 3 is 1.96 bits per heavy atom. The Morgan fingerprint density at radius 1 is 0.960 bits per heavy atom. The van der Waals surface area contributed by atoms with Crippen LogP contribution in [0.15, 0.2) is 48.5 Å². The third-order valence-electron chi connectivity index (χ3n) is 3.60. The van der Waals surface area contributed by atoms with Crippen molar-refractivity contribution >= 4 is 11.9 Å². The third-order valence-corrected chi connectivity index (χ3v) is 3.60. The summed E-state index contributed by atoms with van der Waals surface area (Å²) in [5.74, 6) is -0.855. The number of esters is 1. The van der Waals surface area contributed by atoms with Crippen molar-refractivity contribution in [2.24, 2.45) is 0 Å². The molecule has 1 amide bonds. The predicted octanol–water partition coefficient (Wildman–Crippen LogP) is 3.76. The van der Waals surface area contributed by atoms with Gasteiger partial charge in [-0.2, -0.15) is 13.2 Å². The van der Waals surface area contributed by atoms with Gasteiger partial charge in [-0.3, -0.25) is 4.79 Å². The highest BCUT2D eigenvalue weighted by Crippen LogP contribution is 2.29. The summed E-state index contributed by atoms with van der Waals surface area (Å²) in [6.45, 7) is 0.251. The van der Waals surface area contributed by atoms with Gasteiger partial charge in [-0.15, -0.1) is 0 Å². The van der Waals surface area contributed by atoms with Gasteiger partial charge in [-0.25, -0.2) is 4.79 Å². The molecule has 0 saturated carbocycles. The molecule has 0 unspecified atom stereocenters. The minimum absolute atomic E-state index is 0.168. The molecule has 0 fully saturated rings. The van der Waals surface area contributed by atoms with Crippen LogP contribution in [0.3, 0.4) is 0 Å². The monoisotopic (exact) mass is 351 g/mol. The average Bonchev–Trinajstić information content (AvgIpc) is 2.60. The number of rotatable bonds is 4. The molecular weight excluding hydrogens is 335 g/mol. The van der Waals surface area contributed by atoms with E-state index in [0.29, 0.717) is 5.56 Å². The highest BCUT2D eigenvalue weighted by atomic mass is 19.4. The number of hydrogen-bond donors (Lipinski definition) is 0. The van der Waals surface area contributed by atoms with Crippen molar-refractivity contribution in [1.29, 1.82) is 0 Å². The maximum absolute atomic E-state index is 12.6. The quantitative estimate of drug-likeness (QED) is 0.788. The molecule has 0 atom stereocenters. The summed E-state index contributed by atoms with van der Waals surface area (Å²) < 4.78 is 42.3. The average molecular weight is 351 g/mol. The van der Waals surface area contributed by atoms with Crippen molar-refractivity contribution in [3.05, 3.63) is 70.8 Å². The number of benzene rings is 2. The van der Waals surface area contributed by atoms with Gasteiger partial charge in [-0.05, 0) is 42.0 Å². The van der Waals surface area contributed by atoms with Crippen LogP contribution < -0.4 is 0 Å². The molecule has 2 aromatic rings. The van der Waals surface area contributed by atoms with Crippen LogP contribution in [0.1, 0.15) is 31.8 Å². The third kappa shape index (κ3) is 4.59. The van der Waals surface area contributed by atoms with E-state index >= 15 is 0 Å². The first-order chi connectivity index (χ1) is 11.7. The van der Waals surface area contributed by atoms with Crippen molar-refractivity contribution in [2.75, 3.05) is 14.2 Å². The van der Waals surface area contributed by atoms with Crippen LogP contribution in [0.25, 0.3) is 0 Å². The van der Waals surface area contributed by atoms with Crippen molar-refractivity contribution in [2.45, 2.75) is 12.7 Å². The van der Waals surface area contributed by atoms with Crippen LogP contribution in [0, 0.1) is 0 Å². The molecule has 0 bridgehead atoms. The molecule has 0 saturated heterocycles. The molecular formula is C18H16F3NO3. The van der Waals surface area contributed by atoms with E-state index in [1.54, 1.807) is 31.3 Å². The molecule has 0 radical (unpaired) electrons. The van der Waals surface area contributed by atoms with Gasteiger partial charge in [0.1, 0.15) is 0 Å². The number of amides is 1. The summed E-state index contributed by atoms with van der Waals surface area (Å²) in [4.78, 5) is 25.1. The summed E-state index contributed by atoms with van der Waals surface area (Å²) in [6, 6.07) is 10.6. The summed E-state index contributed by atoms with van der Waals surface area (Å²) in [6.07, 6.45) is -4.44. The number of hydrogen-bond acceptors (Lipinski definition) is 3. The van der Waals surface area contributed by atoms with E-state index < -0.39 is 23.6 Å². The molecule has 2 aromatic carbocycles. The van der Waals surface area contributed by atoms with E-state index in [2.05, 4.69) is 4.74 Å². The highest BCUT2D eigenvalue weighted by Gasteiger charge is 2.30. The summed E-state index contributed by atoms with van der Waals surface area (Å²) in [5.41, 5.74) is 0.533. The first-order valence-corrected chi connectivity index (χ1v) is 7.32. The van der Waals surface area contributed by atoms with E-state index in [1.807, 2.05) is 0 Å². The number of methoxy groups -OCH3 is 1. The maximum Gasteiger partial charge on any atom is 0.416 e. The van der Waals surface area contributed by atoms with Crippen LogP contribution in [-0.4, -0.2) is 30.9 Å². The van der Waals surface area contributed by atoms with Crippen molar-refractivity contribution < 1.29 is 27.5 Å². The lowest BCUT2D eigenvalue weighted by atomic mass is 10.1. The summed E-state index contributed by atoms with van der Waals surface area (Å²) in [5, 5.41) is 0. The van der Waals surface area contributed by atoms with E-state index in [0.717, 1.165) is 29.8 Å². The lowest BCUT2D eigenvalue weighted by Gasteiger charge is -2.18. The normalized spacial score (nSPS) is 11.1. The largest absolute Gasteiger partial charge is 0.465 e. The van der Waals surface area contributed by atoms with Gasteiger partial charge in [0.25, 0.3) is 5.91 Å². The molecule has 4 nitrogen and oxygen atoms in total. The fraction of sp³-hybridized carbons (Fsp3) is 0.222. The Balaban J connectivity index is 2.06. The second-order valence-corrected chi connectivity index (χ2v) is 5.42. The van der Waals surface area contributed by atoms with Crippen LogP contribution in [0.2, 0.25) is 0 Å². The Labute approximate surface area is 142 Å². The van der Waals surface area contributed by atoms with E-state index in [1.165, 1.54) is 12.0 Å². The van der Waals surface area contributed by atoms with Gasteiger partial charge in [0.2, 0.25) is 0 Å². The molecule has 132 valence electrons. The van der Waals surface area contributed by atoms with Crippen LogP contribution in [0.5, 0.6) is 0 Å². The zero-order valence-electron chi connectivity index (χ0n) is 13.6. The Kier molecular flexibility index (Phi) is 5.46. The second-order valence-electron chi connectivity index (χ2n) is 5.42. The molecule has 0 heterocycles. The number of nitrogens with zero attached hydrogens (tertiary/aromatic N) is 1. The van der Waals surface area contributed by atoms with E-state index in [4.69, 9.17) is 0 Å². The molecule has 7 heteroatoms. The van der Waals surface area contributed by atoms with Gasteiger partial charge in [-0.1, -0.05) is 12.1 Å². The standard InChI is InChI=1S/C18H16F3NO3/c1-22(11-12-3-5-14(6-4-12)17(24)25-2)16(23)13-7-9-15(10-8-13)18(19,20)21/h3-10H,11H2,1-2H3. The number of carbonyl (C=O) groups excluding carboxylic acids is 2. The van der Waals surface area contributed by atoms with Crippen molar-refractivity contribution in [1.82, 2.24) is 4.90 Å². The Hall–Kier alpha value is -2.83. The minimum atomic E-state index is -4.44. The highest BCUT2D eigenvalue weighted by molar-refractivity contribution is 5.94. The molecule has 2 rings (SSSR count). The first-order valence-electron chi connectivity index (χ1n) is 7.32. The first kappa shape index (κ1) is 18.5. The van der Waals surface area contributed by atoms with Crippen molar-refractivity contribution in [3.8, 4) is 0 Å². The summed E-state index contributed by atoms with van der Waals surface area (Å²) in [7, 11) is 2.83. The molecule has 0 aliphatic carbocycles. The van der Waals surface area contributed by atoms with Crippen molar-refractivity contribution in [3.63, 3.8) is 0 Å². The van der Waals surface area contributed by atoms with E-state index in [-0.39, 0.29) is 12.1 Å². The Morgan fingerprint density at radius 2 is 1.48 bits per heavy atom. The smallest absolute Gasteiger partial charge is 0.416 e. The molecule has 0 aromatic heterocycles. The molecule has 0 aliphatic rings. The topological polar surface area (TPSA) is 46.6 Å². The van der Waals surface area contributed by atoms with Gasteiger partial charge >= 0.3 is 12.1 Å². The molecule has 0 N–H and O–H groups in total. The number of alkyl halides is 3.